The molecule has 1 saturated carbocycles. The SMILES string of the molecule is CCc1cc(C)nn1-c1ccc(C(=O)NC2CCCCC2)nc1-c1ccc(Cl)c(OCCCN(C)C)c1. The molecule has 2 heterocycles. The van der Waals surface area contributed by atoms with Crippen LogP contribution in [0.3, 0.4) is 0 Å². The number of hydrogen-bond acceptors (Lipinski definition) is 5. The molecule has 37 heavy (non-hydrogen) atoms. The first-order chi connectivity index (χ1) is 17.9. The fourth-order valence-corrected chi connectivity index (χ4v) is 4.98. The van der Waals surface area contributed by atoms with Crippen LogP contribution in [-0.4, -0.2) is 58.9 Å². The first-order valence-corrected chi connectivity index (χ1v) is 13.7. The van der Waals surface area contributed by atoms with Crippen molar-refractivity contribution in [1.82, 2.24) is 25.0 Å². The maximum Gasteiger partial charge on any atom is 0.270 e. The molecule has 0 radical (unpaired) electrons. The monoisotopic (exact) mass is 523 g/mol. The van der Waals surface area contributed by atoms with Gasteiger partial charge >= 0.3 is 0 Å². The summed E-state index contributed by atoms with van der Waals surface area (Å²) >= 11 is 6.49. The number of rotatable bonds is 10. The molecule has 198 valence electrons. The fourth-order valence-electron chi connectivity index (χ4n) is 4.81. The van der Waals surface area contributed by atoms with E-state index in [0.717, 1.165) is 67.7 Å². The van der Waals surface area contributed by atoms with Crippen LogP contribution in [0.25, 0.3) is 16.9 Å². The van der Waals surface area contributed by atoms with E-state index < -0.39 is 0 Å². The average Bonchev–Trinajstić information content (AvgIpc) is 3.28. The van der Waals surface area contributed by atoms with Gasteiger partial charge in [0.05, 0.1) is 28.7 Å². The lowest BCUT2D eigenvalue weighted by molar-refractivity contribution is 0.0923. The van der Waals surface area contributed by atoms with E-state index in [-0.39, 0.29) is 11.9 Å². The van der Waals surface area contributed by atoms with Gasteiger partial charge in [-0.2, -0.15) is 5.10 Å². The topological polar surface area (TPSA) is 72.3 Å². The Labute approximate surface area is 225 Å². The van der Waals surface area contributed by atoms with Crippen molar-refractivity contribution in [2.45, 2.75) is 64.8 Å². The minimum Gasteiger partial charge on any atom is -0.492 e. The molecule has 0 saturated heterocycles. The molecule has 1 aromatic carbocycles. The van der Waals surface area contributed by atoms with Gasteiger partial charge in [-0.1, -0.05) is 43.9 Å². The summed E-state index contributed by atoms with van der Waals surface area (Å²) in [6.07, 6.45) is 7.31. The molecule has 2 aromatic heterocycles. The van der Waals surface area contributed by atoms with Crippen LogP contribution in [-0.2, 0) is 6.42 Å². The molecule has 0 aliphatic heterocycles. The highest BCUT2D eigenvalue weighted by atomic mass is 35.5. The van der Waals surface area contributed by atoms with E-state index in [1.165, 1.54) is 6.42 Å². The Morgan fingerprint density at radius 3 is 2.68 bits per heavy atom. The Morgan fingerprint density at radius 2 is 1.95 bits per heavy atom. The van der Waals surface area contributed by atoms with E-state index in [1.807, 2.05) is 50.0 Å². The second-order valence-corrected chi connectivity index (χ2v) is 10.5. The van der Waals surface area contributed by atoms with Crippen molar-refractivity contribution < 1.29 is 9.53 Å². The molecule has 0 bridgehead atoms. The second kappa shape index (κ2) is 12.6. The minimum atomic E-state index is -0.138. The number of hydrogen-bond donors (Lipinski definition) is 1. The fraction of sp³-hybridized carbons (Fsp3) is 0.483. The summed E-state index contributed by atoms with van der Waals surface area (Å²) in [6.45, 7) is 5.58. The van der Waals surface area contributed by atoms with Crippen LogP contribution in [0.2, 0.25) is 5.02 Å². The quantitative estimate of drug-likeness (QED) is 0.337. The first-order valence-electron chi connectivity index (χ1n) is 13.3. The van der Waals surface area contributed by atoms with Crippen LogP contribution in [0.4, 0.5) is 0 Å². The molecule has 1 amide bonds. The van der Waals surface area contributed by atoms with Gasteiger partial charge in [-0.25, -0.2) is 9.67 Å². The highest BCUT2D eigenvalue weighted by Crippen LogP contribution is 2.33. The maximum absolute atomic E-state index is 13.2. The zero-order valence-electron chi connectivity index (χ0n) is 22.4. The molecular weight excluding hydrogens is 486 g/mol. The molecule has 4 rings (SSSR count). The molecule has 1 N–H and O–H groups in total. The number of ether oxygens (including phenoxy) is 1. The average molecular weight is 524 g/mol. The normalized spacial score (nSPS) is 14.2. The summed E-state index contributed by atoms with van der Waals surface area (Å²) in [7, 11) is 4.08. The second-order valence-electron chi connectivity index (χ2n) is 10.1. The van der Waals surface area contributed by atoms with Gasteiger partial charge in [0.25, 0.3) is 5.91 Å². The highest BCUT2D eigenvalue weighted by Gasteiger charge is 2.21. The number of carbonyl (C=O) groups is 1. The van der Waals surface area contributed by atoms with Crippen LogP contribution in [0, 0.1) is 6.92 Å². The summed E-state index contributed by atoms with van der Waals surface area (Å²) in [5, 5.41) is 8.47. The summed E-state index contributed by atoms with van der Waals surface area (Å²) in [5.41, 5.74) is 4.72. The Bertz CT molecular complexity index is 1220. The molecule has 0 spiro atoms. The van der Waals surface area contributed by atoms with Crippen LogP contribution < -0.4 is 10.1 Å². The predicted molar refractivity (Wildman–Crippen MR) is 149 cm³/mol. The molecule has 0 atom stereocenters. The van der Waals surface area contributed by atoms with Gasteiger partial charge in [-0.15, -0.1) is 0 Å². The van der Waals surface area contributed by atoms with Crippen molar-refractivity contribution in [3.63, 3.8) is 0 Å². The van der Waals surface area contributed by atoms with Gasteiger partial charge in [-0.3, -0.25) is 4.79 Å². The number of aromatic nitrogens is 3. The number of benzene rings is 1. The zero-order chi connectivity index (χ0) is 26.4. The van der Waals surface area contributed by atoms with Crippen molar-refractivity contribution in [1.29, 1.82) is 0 Å². The van der Waals surface area contributed by atoms with Crippen molar-refractivity contribution in [3.8, 4) is 22.7 Å². The standard InChI is InChI=1S/C29H38ClN5O2/c1-5-23-18-20(2)33-35(23)26-15-14-25(29(36)31-22-10-7-6-8-11-22)32-28(26)21-12-13-24(30)27(19-21)37-17-9-16-34(3)4/h12-15,18-19,22H,5-11,16-17H2,1-4H3,(H,31,36). The van der Waals surface area contributed by atoms with Gasteiger partial charge in [0.1, 0.15) is 11.4 Å². The Balaban J connectivity index is 1.70. The Morgan fingerprint density at radius 1 is 1.16 bits per heavy atom. The van der Waals surface area contributed by atoms with Gasteiger partial charge in [0, 0.05) is 23.8 Å². The Kier molecular flexibility index (Phi) is 9.22. The largest absolute Gasteiger partial charge is 0.492 e. The molecule has 1 aliphatic rings. The highest BCUT2D eigenvalue weighted by molar-refractivity contribution is 6.32. The van der Waals surface area contributed by atoms with E-state index in [2.05, 4.69) is 23.2 Å². The van der Waals surface area contributed by atoms with E-state index >= 15 is 0 Å². The van der Waals surface area contributed by atoms with E-state index in [4.69, 9.17) is 26.4 Å². The molecule has 7 nitrogen and oxygen atoms in total. The third-order valence-electron chi connectivity index (χ3n) is 6.75. The van der Waals surface area contributed by atoms with Crippen molar-refractivity contribution in [2.24, 2.45) is 0 Å². The Hall–Kier alpha value is -2.90. The molecule has 8 heteroatoms. The molecular formula is C29H38ClN5O2. The summed E-state index contributed by atoms with van der Waals surface area (Å²) in [6, 6.07) is 11.7. The predicted octanol–water partition coefficient (Wildman–Crippen LogP) is 5.85. The van der Waals surface area contributed by atoms with E-state index in [1.54, 1.807) is 6.07 Å². The number of carbonyl (C=O) groups excluding carboxylic acids is 1. The third kappa shape index (κ3) is 6.90. The number of halogens is 1. The van der Waals surface area contributed by atoms with Gasteiger partial charge in [0.2, 0.25) is 0 Å². The molecule has 0 unspecified atom stereocenters. The first kappa shape index (κ1) is 27.1. The van der Waals surface area contributed by atoms with Gasteiger partial charge < -0.3 is 15.0 Å². The number of pyridine rings is 1. The van der Waals surface area contributed by atoms with Crippen LogP contribution in [0.15, 0.2) is 36.4 Å². The molecule has 1 aliphatic carbocycles. The lowest BCUT2D eigenvalue weighted by Gasteiger charge is -2.22. The summed E-state index contributed by atoms with van der Waals surface area (Å²) < 4.78 is 7.96. The molecule has 1 fully saturated rings. The minimum absolute atomic E-state index is 0.138. The van der Waals surface area contributed by atoms with Crippen LogP contribution >= 0.6 is 11.6 Å². The number of aryl methyl sites for hydroxylation is 2. The lowest BCUT2D eigenvalue weighted by Crippen LogP contribution is -2.36. The lowest BCUT2D eigenvalue weighted by atomic mass is 9.95. The zero-order valence-corrected chi connectivity index (χ0v) is 23.1. The van der Waals surface area contributed by atoms with Crippen molar-refractivity contribution >= 4 is 17.5 Å². The van der Waals surface area contributed by atoms with Crippen molar-refractivity contribution in [3.05, 3.63) is 58.5 Å². The van der Waals surface area contributed by atoms with Gasteiger partial charge in [0.15, 0.2) is 0 Å². The van der Waals surface area contributed by atoms with Crippen LogP contribution in [0.1, 0.15) is 67.3 Å². The maximum atomic E-state index is 13.2. The summed E-state index contributed by atoms with van der Waals surface area (Å²) in [4.78, 5) is 20.2. The van der Waals surface area contributed by atoms with E-state index in [9.17, 15) is 4.79 Å². The van der Waals surface area contributed by atoms with Gasteiger partial charge in [-0.05, 0) is 77.0 Å². The van der Waals surface area contributed by atoms with E-state index in [0.29, 0.717) is 28.8 Å². The number of nitrogens with one attached hydrogen (secondary N) is 1. The smallest absolute Gasteiger partial charge is 0.270 e. The van der Waals surface area contributed by atoms with Crippen LogP contribution in [0.5, 0.6) is 5.75 Å². The number of nitrogens with zero attached hydrogens (tertiary/aromatic N) is 4. The number of amides is 1. The third-order valence-corrected chi connectivity index (χ3v) is 7.07. The summed E-state index contributed by atoms with van der Waals surface area (Å²) in [5.74, 6) is 0.469. The van der Waals surface area contributed by atoms with Crippen molar-refractivity contribution in [2.75, 3.05) is 27.2 Å². The molecule has 3 aromatic rings.